The zero-order valence-corrected chi connectivity index (χ0v) is 8.96. The SMILES string of the molecule is C=CCOC(=O)/C(=C/C(=O)O)C(C=C)C(=O)O. The summed E-state index contributed by atoms with van der Waals surface area (Å²) in [5, 5.41) is 17.4. The van der Waals surface area contributed by atoms with Crippen LogP contribution in [0.15, 0.2) is 37.0 Å². The minimum Gasteiger partial charge on any atom is -0.481 e. The summed E-state index contributed by atoms with van der Waals surface area (Å²) in [6.45, 7) is 6.39. The molecule has 17 heavy (non-hydrogen) atoms. The van der Waals surface area contributed by atoms with E-state index in [2.05, 4.69) is 17.9 Å². The molecule has 0 aliphatic heterocycles. The average molecular weight is 240 g/mol. The zero-order valence-electron chi connectivity index (χ0n) is 8.96. The molecule has 0 aromatic heterocycles. The maximum absolute atomic E-state index is 11.4. The zero-order chi connectivity index (χ0) is 13.4. The number of carbonyl (C=O) groups is 3. The van der Waals surface area contributed by atoms with Crippen LogP contribution < -0.4 is 0 Å². The number of aliphatic carboxylic acids is 2. The van der Waals surface area contributed by atoms with Crippen molar-refractivity contribution in [1.82, 2.24) is 0 Å². The van der Waals surface area contributed by atoms with Crippen molar-refractivity contribution < 1.29 is 29.3 Å². The summed E-state index contributed by atoms with van der Waals surface area (Å²) >= 11 is 0. The highest BCUT2D eigenvalue weighted by Gasteiger charge is 2.26. The number of ether oxygens (including phenoxy) is 1. The first-order chi connectivity index (χ1) is 7.93. The van der Waals surface area contributed by atoms with Crippen LogP contribution >= 0.6 is 0 Å². The molecule has 0 aliphatic rings. The van der Waals surface area contributed by atoms with Crippen LogP contribution in [0.2, 0.25) is 0 Å². The van der Waals surface area contributed by atoms with Crippen LogP contribution in [-0.4, -0.2) is 34.7 Å². The van der Waals surface area contributed by atoms with Crippen LogP contribution in [0.1, 0.15) is 0 Å². The third-order valence-electron chi connectivity index (χ3n) is 1.68. The van der Waals surface area contributed by atoms with Gasteiger partial charge in [-0.3, -0.25) is 4.79 Å². The van der Waals surface area contributed by atoms with Crippen molar-refractivity contribution >= 4 is 17.9 Å². The van der Waals surface area contributed by atoms with E-state index in [-0.39, 0.29) is 6.61 Å². The van der Waals surface area contributed by atoms with Crippen LogP contribution in [0.5, 0.6) is 0 Å². The number of carbonyl (C=O) groups excluding carboxylic acids is 1. The second kappa shape index (κ2) is 7.00. The van der Waals surface area contributed by atoms with Gasteiger partial charge in [-0.25, -0.2) is 9.59 Å². The van der Waals surface area contributed by atoms with E-state index in [1.165, 1.54) is 6.08 Å². The summed E-state index contributed by atoms with van der Waals surface area (Å²) in [5.74, 6) is -5.28. The van der Waals surface area contributed by atoms with Crippen molar-refractivity contribution in [2.75, 3.05) is 6.61 Å². The van der Waals surface area contributed by atoms with Gasteiger partial charge in [-0.2, -0.15) is 0 Å². The van der Waals surface area contributed by atoms with Gasteiger partial charge in [0.2, 0.25) is 0 Å². The average Bonchev–Trinajstić information content (AvgIpc) is 2.24. The van der Waals surface area contributed by atoms with Gasteiger partial charge in [0, 0.05) is 6.08 Å². The van der Waals surface area contributed by atoms with E-state index in [0.29, 0.717) is 6.08 Å². The Kier molecular flexibility index (Phi) is 6.02. The van der Waals surface area contributed by atoms with Gasteiger partial charge in [0.1, 0.15) is 12.5 Å². The van der Waals surface area contributed by atoms with E-state index in [0.717, 1.165) is 6.08 Å². The molecule has 1 unspecified atom stereocenters. The summed E-state index contributed by atoms with van der Waals surface area (Å²) in [6.07, 6.45) is 2.72. The topological polar surface area (TPSA) is 101 Å². The third kappa shape index (κ3) is 4.78. The van der Waals surface area contributed by atoms with Crippen molar-refractivity contribution in [3.05, 3.63) is 37.0 Å². The Bertz CT molecular complexity index is 379. The minimum atomic E-state index is -1.44. The van der Waals surface area contributed by atoms with E-state index in [9.17, 15) is 14.4 Å². The fourth-order valence-electron chi connectivity index (χ4n) is 0.987. The second-order valence-corrected chi connectivity index (χ2v) is 2.88. The maximum Gasteiger partial charge on any atom is 0.335 e. The molecule has 92 valence electrons. The fraction of sp³-hybridized carbons (Fsp3) is 0.182. The number of hydrogen-bond acceptors (Lipinski definition) is 4. The molecule has 0 saturated carbocycles. The van der Waals surface area contributed by atoms with E-state index in [1.54, 1.807) is 0 Å². The Hall–Kier alpha value is -2.37. The molecular weight excluding hydrogens is 228 g/mol. The number of carboxylic acid groups (broad SMARTS) is 2. The fourth-order valence-corrected chi connectivity index (χ4v) is 0.987. The van der Waals surface area contributed by atoms with Crippen LogP contribution in [0.25, 0.3) is 0 Å². The first-order valence-electron chi connectivity index (χ1n) is 4.52. The highest BCUT2D eigenvalue weighted by molar-refractivity contribution is 6.01. The summed E-state index contributed by atoms with van der Waals surface area (Å²) in [4.78, 5) is 32.7. The molecule has 0 radical (unpaired) electrons. The summed E-state index contributed by atoms with van der Waals surface area (Å²) in [5.41, 5.74) is -0.498. The standard InChI is InChI=1S/C11H12O6/c1-3-5-17-11(16)8(6-9(12)13)7(4-2)10(14)15/h3-4,6-7H,1-2,5H2,(H,12,13)(H,14,15)/b8-6+. The normalized spacial score (nSPS) is 12.4. The molecule has 0 rings (SSSR count). The molecule has 0 aromatic carbocycles. The van der Waals surface area contributed by atoms with Crippen molar-refractivity contribution in [3.63, 3.8) is 0 Å². The van der Waals surface area contributed by atoms with Gasteiger partial charge in [0.15, 0.2) is 0 Å². The molecule has 6 nitrogen and oxygen atoms in total. The lowest BCUT2D eigenvalue weighted by Crippen LogP contribution is -2.22. The molecular formula is C11H12O6. The molecule has 0 spiro atoms. The van der Waals surface area contributed by atoms with Crippen molar-refractivity contribution in [2.24, 2.45) is 5.92 Å². The van der Waals surface area contributed by atoms with E-state index >= 15 is 0 Å². The molecule has 0 bridgehead atoms. The Balaban J connectivity index is 5.19. The Labute approximate surface area is 97.5 Å². The third-order valence-corrected chi connectivity index (χ3v) is 1.68. The molecule has 6 heteroatoms. The molecule has 0 fully saturated rings. The predicted molar refractivity (Wildman–Crippen MR) is 58.2 cm³/mol. The van der Waals surface area contributed by atoms with Crippen LogP contribution in [0, 0.1) is 5.92 Å². The lowest BCUT2D eigenvalue weighted by atomic mass is 9.99. The second-order valence-electron chi connectivity index (χ2n) is 2.88. The predicted octanol–water partition coefficient (Wildman–Crippen LogP) is 0.613. The molecule has 0 aliphatic carbocycles. The number of hydrogen-bond donors (Lipinski definition) is 2. The van der Waals surface area contributed by atoms with E-state index in [4.69, 9.17) is 10.2 Å². The Morgan fingerprint density at radius 1 is 1.24 bits per heavy atom. The van der Waals surface area contributed by atoms with E-state index < -0.39 is 29.4 Å². The smallest absolute Gasteiger partial charge is 0.335 e. The van der Waals surface area contributed by atoms with Gasteiger partial charge < -0.3 is 14.9 Å². The van der Waals surface area contributed by atoms with Crippen molar-refractivity contribution in [3.8, 4) is 0 Å². The lowest BCUT2D eigenvalue weighted by Gasteiger charge is -2.10. The molecule has 2 N–H and O–H groups in total. The van der Waals surface area contributed by atoms with Crippen LogP contribution in [-0.2, 0) is 19.1 Å². The van der Waals surface area contributed by atoms with Crippen molar-refractivity contribution in [2.45, 2.75) is 0 Å². The van der Waals surface area contributed by atoms with Gasteiger partial charge in [-0.05, 0) is 0 Å². The molecule has 0 saturated heterocycles. The quantitative estimate of drug-likeness (QED) is 0.384. The van der Waals surface area contributed by atoms with Crippen LogP contribution in [0.4, 0.5) is 0 Å². The van der Waals surface area contributed by atoms with Gasteiger partial charge in [0.25, 0.3) is 0 Å². The molecule has 1 atom stereocenters. The molecule has 0 heterocycles. The minimum absolute atomic E-state index is 0.140. The van der Waals surface area contributed by atoms with Gasteiger partial charge >= 0.3 is 17.9 Å². The first kappa shape index (κ1) is 14.6. The molecule has 0 amide bonds. The first-order valence-corrected chi connectivity index (χ1v) is 4.52. The summed E-state index contributed by atoms with van der Waals surface area (Å²) in [7, 11) is 0. The van der Waals surface area contributed by atoms with E-state index in [1.807, 2.05) is 0 Å². The van der Waals surface area contributed by atoms with Gasteiger partial charge in [-0.15, -0.1) is 6.58 Å². The lowest BCUT2D eigenvalue weighted by molar-refractivity contribution is -0.144. The van der Waals surface area contributed by atoms with Gasteiger partial charge in [-0.1, -0.05) is 18.7 Å². The monoisotopic (exact) mass is 240 g/mol. The Morgan fingerprint density at radius 2 is 1.82 bits per heavy atom. The van der Waals surface area contributed by atoms with Crippen LogP contribution in [0.3, 0.4) is 0 Å². The largest absolute Gasteiger partial charge is 0.481 e. The number of carboxylic acids is 2. The van der Waals surface area contributed by atoms with Gasteiger partial charge in [0.05, 0.1) is 5.57 Å². The molecule has 0 aromatic rings. The number of esters is 1. The highest BCUT2D eigenvalue weighted by atomic mass is 16.5. The highest BCUT2D eigenvalue weighted by Crippen LogP contribution is 2.14. The van der Waals surface area contributed by atoms with Crippen molar-refractivity contribution in [1.29, 1.82) is 0 Å². The summed E-state index contributed by atoms with van der Waals surface area (Å²) in [6, 6.07) is 0. The maximum atomic E-state index is 11.4. The number of rotatable bonds is 7. The Morgan fingerprint density at radius 3 is 2.18 bits per heavy atom. The summed E-state index contributed by atoms with van der Waals surface area (Å²) < 4.78 is 4.59.